The van der Waals surface area contributed by atoms with E-state index >= 15 is 0 Å². The first kappa shape index (κ1) is 14.4. The zero-order chi connectivity index (χ0) is 12.1. The molecular weight excluding hydrogens is 190 g/mol. The molecule has 0 aromatic carbocycles. The van der Waals surface area contributed by atoms with Crippen LogP contribution in [0.25, 0.3) is 0 Å². The van der Waals surface area contributed by atoms with Gasteiger partial charge in [-0.2, -0.15) is 0 Å². The summed E-state index contributed by atoms with van der Waals surface area (Å²) < 4.78 is 0. The fraction of sp³-hybridized carbons (Fsp3) is 0.909. The van der Waals surface area contributed by atoms with Crippen LogP contribution in [0.4, 0.5) is 0 Å². The molecule has 0 saturated carbocycles. The van der Waals surface area contributed by atoms with E-state index < -0.39 is 5.54 Å². The van der Waals surface area contributed by atoms with Crippen molar-refractivity contribution in [1.82, 2.24) is 10.2 Å². The van der Waals surface area contributed by atoms with Gasteiger partial charge in [-0.1, -0.05) is 13.8 Å². The molecule has 1 amide bonds. The summed E-state index contributed by atoms with van der Waals surface area (Å²) in [7, 11) is 0. The summed E-state index contributed by atoms with van der Waals surface area (Å²) >= 11 is 0. The molecule has 0 spiro atoms. The summed E-state index contributed by atoms with van der Waals surface area (Å²) in [6, 6.07) is 0.139. The molecule has 3 N–H and O–H groups in total. The maximum Gasteiger partial charge on any atom is 0.239 e. The number of hydrogen-bond donors (Lipinski definition) is 2. The van der Waals surface area contributed by atoms with E-state index in [2.05, 4.69) is 24.1 Å². The number of nitrogens with one attached hydrogen (secondary N) is 1. The molecule has 0 aliphatic heterocycles. The lowest BCUT2D eigenvalue weighted by Crippen LogP contribution is -2.53. The number of carbonyl (C=O) groups excluding carboxylic acids is 1. The Hall–Kier alpha value is -0.610. The quantitative estimate of drug-likeness (QED) is 0.681. The van der Waals surface area contributed by atoms with Crippen LogP contribution in [0.1, 0.15) is 34.6 Å². The van der Waals surface area contributed by atoms with Crippen molar-refractivity contribution in [2.75, 3.05) is 19.6 Å². The zero-order valence-electron chi connectivity index (χ0n) is 10.6. The highest BCUT2D eigenvalue weighted by atomic mass is 16.2. The molecule has 90 valence electrons. The zero-order valence-corrected chi connectivity index (χ0v) is 10.6. The van der Waals surface area contributed by atoms with Crippen LogP contribution in [0, 0.1) is 0 Å². The predicted octanol–water partition coefficient (Wildman–Crippen LogP) is 0.570. The molecule has 0 aliphatic rings. The molecule has 0 aromatic heterocycles. The SMILES string of the molecule is CCN(CC)CC(C)NC(=O)C(C)(C)N. The number of amides is 1. The molecule has 4 nitrogen and oxygen atoms in total. The smallest absolute Gasteiger partial charge is 0.239 e. The highest BCUT2D eigenvalue weighted by molar-refractivity contribution is 5.85. The summed E-state index contributed by atoms with van der Waals surface area (Å²) in [5.74, 6) is -0.0952. The van der Waals surface area contributed by atoms with Crippen LogP contribution < -0.4 is 11.1 Å². The Balaban J connectivity index is 4.03. The number of carbonyl (C=O) groups is 1. The van der Waals surface area contributed by atoms with Crippen LogP contribution in [-0.4, -0.2) is 42.0 Å². The van der Waals surface area contributed by atoms with E-state index in [0.717, 1.165) is 19.6 Å². The van der Waals surface area contributed by atoms with E-state index in [1.807, 2.05) is 6.92 Å². The standard InChI is InChI=1S/C11H25N3O/c1-6-14(7-2)8-9(3)13-10(15)11(4,5)12/h9H,6-8,12H2,1-5H3,(H,13,15). The summed E-state index contributed by atoms with van der Waals surface area (Å²) in [6.07, 6.45) is 0. The Morgan fingerprint density at radius 1 is 1.40 bits per heavy atom. The number of nitrogens with two attached hydrogens (primary N) is 1. The first-order chi connectivity index (χ1) is 6.81. The molecular formula is C11H25N3O. The summed E-state index contributed by atoms with van der Waals surface area (Å²) in [6.45, 7) is 12.5. The van der Waals surface area contributed by atoms with E-state index in [-0.39, 0.29) is 11.9 Å². The Kier molecular flexibility index (Phi) is 5.83. The van der Waals surface area contributed by atoms with Crippen molar-refractivity contribution < 1.29 is 4.79 Å². The van der Waals surface area contributed by atoms with Crippen molar-refractivity contribution in [2.45, 2.75) is 46.2 Å². The van der Waals surface area contributed by atoms with E-state index in [1.54, 1.807) is 13.8 Å². The van der Waals surface area contributed by atoms with Gasteiger partial charge in [0.1, 0.15) is 0 Å². The number of nitrogens with zero attached hydrogens (tertiary/aromatic N) is 1. The normalized spacial score (nSPS) is 14.1. The largest absolute Gasteiger partial charge is 0.351 e. The second-order valence-corrected chi connectivity index (χ2v) is 4.58. The van der Waals surface area contributed by atoms with Crippen LogP contribution in [0.5, 0.6) is 0 Å². The highest BCUT2D eigenvalue weighted by Gasteiger charge is 2.23. The van der Waals surface area contributed by atoms with Crippen LogP contribution >= 0.6 is 0 Å². The van der Waals surface area contributed by atoms with Gasteiger partial charge in [-0.25, -0.2) is 0 Å². The molecule has 0 aliphatic carbocycles. The average Bonchev–Trinajstić information content (AvgIpc) is 2.12. The molecule has 1 atom stereocenters. The van der Waals surface area contributed by atoms with Crippen molar-refractivity contribution in [3.63, 3.8) is 0 Å². The van der Waals surface area contributed by atoms with E-state index in [9.17, 15) is 4.79 Å². The number of likely N-dealkylation sites (N-methyl/N-ethyl adjacent to an activating group) is 1. The predicted molar refractivity (Wildman–Crippen MR) is 63.7 cm³/mol. The van der Waals surface area contributed by atoms with Gasteiger partial charge in [-0.05, 0) is 33.9 Å². The molecule has 4 heteroatoms. The maximum absolute atomic E-state index is 11.6. The fourth-order valence-electron chi connectivity index (χ4n) is 1.32. The molecule has 0 radical (unpaired) electrons. The summed E-state index contributed by atoms with van der Waals surface area (Å²) in [5.41, 5.74) is 4.90. The minimum absolute atomic E-state index is 0.0952. The van der Waals surface area contributed by atoms with Crippen LogP contribution in [0.2, 0.25) is 0 Å². The van der Waals surface area contributed by atoms with Gasteiger partial charge in [0.25, 0.3) is 0 Å². The van der Waals surface area contributed by atoms with Gasteiger partial charge in [-0.3, -0.25) is 4.79 Å². The van der Waals surface area contributed by atoms with Gasteiger partial charge < -0.3 is 16.0 Å². The van der Waals surface area contributed by atoms with Crippen molar-refractivity contribution in [3.05, 3.63) is 0 Å². The first-order valence-corrected chi connectivity index (χ1v) is 5.63. The second-order valence-electron chi connectivity index (χ2n) is 4.58. The molecule has 1 unspecified atom stereocenters. The Labute approximate surface area is 93.2 Å². The van der Waals surface area contributed by atoms with Crippen molar-refractivity contribution in [2.24, 2.45) is 5.73 Å². The van der Waals surface area contributed by atoms with E-state index in [1.165, 1.54) is 0 Å². The Bertz CT molecular complexity index is 194. The third-order valence-electron chi connectivity index (χ3n) is 2.39. The van der Waals surface area contributed by atoms with Crippen molar-refractivity contribution in [3.8, 4) is 0 Å². The monoisotopic (exact) mass is 215 g/mol. The van der Waals surface area contributed by atoms with Gasteiger partial charge in [0.2, 0.25) is 5.91 Å². The number of hydrogen-bond acceptors (Lipinski definition) is 3. The van der Waals surface area contributed by atoms with E-state index in [0.29, 0.717) is 0 Å². The van der Waals surface area contributed by atoms with Crippen LogP contribution in [0.15, 0.2) is 0 Å². The first-order valence-electron chi connectivity index (χ1n) is 5.63. The topological polar surface area (TPSA) is 58.4 Å². The van der Waals surface area contributed by atoms with Crippen LogP contribution in [0.3, 0.4) is 0 Å². The highest BCUT2D eigenvalue weighted by Crippen LogP contribution is 1.98. The Morgan fingerprint density at radius 2 is 1.87 bits per heavy atom. The fourth-order valence-corrected chi connectivity index (χ4v) is 1.32. The Morgan fingerprint density at radius 3 is 2.20 bits per heavy atom. The number of rotatable bonds is 6. The molecule has 0 aromatic rings. The molecule has 0 bridgehead atoms. The van der Waals surface area contributed by atoms with E-state index in [4.69, 9.17) is 5.73 Å². The minimum atomic E-state index is -0.794. The van der Waals surface area contributed by atoms with Gasteiger partial charge >= 0.3 is 0 Å². The third-order valence-corrected chi connectivity index (χ3v) is 2.39. The van der Waals surface area contributed by atoms with Gasteiger partial charge in [-0.15, -0.1) is 0 Å². The minimum Gasteiger partial charge on any atom is -0.351 e. The third kappa shape index (κ3) is 5.74. The van der Waals surface area contributed by atoms with Crippen molar-refractivity contribution >= 4 is 5.91 Å². The van der Waals surface area contributed by atoms with Crippen molar-refractivity contribution in [1.29, 1.82) is 0 Å². The second kappa shape index (κ2) is 6.08. The summed E-state index contributed by atoms with van der Waals surface area (Å²) in [5, 5.41) is 2.91. The van der Waals surface area contributed by atoms with Crippen LogP contribution in [-0.2, 0) is 4.79 Å². The molecule has 15 heavy (non-hydrogen) atoms. The molecule has 0 heterocycles. The molecule has 0 saturated heterocycles. The van der Waals surface area contributed by atoms with Gasteiger partial charge in [0, 0.05) is 12.6 Å². The molecule has 0 rings (SSSR count). The molecule has 0 fully saturated rings. The summed E-state index contributed by atoms with van der Waals surface area (Å²) in [4.78, 5) is 13.9. The lowest BCUT2D eigenvalue weighted by Gasteiger charge is -2.26. The van der Waals surface area contributed by atoms with Gasteiger partial charge in [0.05, 0.1) is 5.54 Å². The maximum atomic E-state index is 11.6. The van der Waals surface area contributed by atoms with Gasteiger partial charge in [0.15, 0.2) is 0 Å². The lowest BCUT2D eigenvalue weighted by molar-refractivity contribution is -0.125. The lowest BCUT2D eigenvalue weighted by atomic mass is 10.1. The average molecular weight is 215 g/mol.